The van der Waals surface area contributed by atoms with Gasteiger partial charge in [-0.25, -0.2) is 0 Å². The second kappa shape index (κ2) is 7.25. The predicted molar refractivity (Wildman–Crippen MR) is 94.3 cm³/mol. The van der Waals surface area contributed by atoms with Gasteiger partial charge in [-0.1, -0.05) is 11.8 Å². The number of nitrogens with one attached hydrogen (secondary N) is 1. The number of aromatic nitrogens is 3. The second-order valence-corrected chi connectivity index (χ2v) is 7.07. The number of carbonyl (C=O) groups is 1. The third-order valence-electron chi connectivity index (χ3n) is 3.80. The first-order valence-corrected chi connectivity index (χ1v) is 9.08. The average molecular weight is 346 g/mol. The lowest BCUT2D eigenvalue weighted by Crippen LogP contribution is -2.27. The van der Waals surface area contributed by atoms with Gasteiger partial charge in [-0.05, 0) is 51.0 Å². The number of ether oxygens (including phenoxy) is 1. The van der Waals surface area contributed by atoms with Crippen molar-refractivity contribution in [2.75, 3.05) is 12.9 Å². The third-order valence-corrected chi connectivity index (χ3v) is 4.75. The van der Waals surface area contributed by atoms with Gasteiger partial charge in [-0.3, -0.25) is 9.36 Å². The number of benzene rings is 1. The Hall–Kier alpha value is -2.02. The van der Waals surface area contributed by atoms with Crippen LogP contribution in [0.4, 0.5) is 0 Å². The minimum atomic E-state index is 0.0619. The van der Waals surface area contributed by atoms with Crippen LogP contribution in [-0.4, -0.2) is 39.6 Å². The summed E-state index contributed by atoms with van der Waals surface area (Å²) in [4.78, 5) is 11.9. The molecular weight excluding hydrogens is 324 g/mol. The van der Waals surface area contributed by atoms with Gasteiger partial charge in [-0.15, -0.1) is 10.2 Å². The van der Waals surface area contributed by atoms with Crippen molar-refractivity contribution in [3.05, 3.63) is 24.3 Å². The van der Waals surface area contributed by atoms with Gasteiger partial charge in [0.2, 0.25) is 5.91 Å². The normalized spacial score (nSPS) is 14.0. The van der Waals surface area contributed by atoms with Gasteiger partial charge in [-0.2, -0.15) is 0 Å². The molecular formula is C17H22N4O2S. The SMILES string of the molecule is COc1ccc(-c2nnc(SCC(=O)NC3CC3)n2C(C)C)cc1. The minimum Gasteiger partial charge on any atom is -0.497 e. The smallest absolute Gasteiger partial charge is 0.230 e. The number of nitrogens with zero attached hydrogens (tertiary/aromatic N) is 3. The molecule has 0 saturated heterocycles. The monoisotopic (exact) mass is 346 g/mol. The van der Waals surface area contributed by atoms with E-state index >= 15 is 0 Å². The molecule has 3 rings (SSSR count). The molecule has 1 aromatic heterocycles. The zero-order valence-electron chi connectivity index (χ0n) is 14.2. The number of rotatable bonds is 7. The summed E-state index contributed by atoms with van der Waals surface area (Å²) < 4.78 is 7.26. The van der Waals surface area contributed by atoms with Crippen LogP contribution in [-0.2, 0) is 4.79 Å². The van der Waals surface area contributed by atoms with Crippen molar-refractivity contribution < 1.29 is 9.53 Å². The maximum atomic E-state index is 11.9. The summed E-state index contributed by atoms with van der Waals surface area (Å²) in [5, 5.41) is 12.4. The van der Waals surface area contributed by atoms with E-state index in [9.17, 15) is 4.79 Å². The van der Waals surface area contributed by atoms with E-state index in [4.69, 9.17) is 4.74 Å². The van der Waals surface area contributed by atoms with Crippen LogP contribution in [0, 0.1) is 0 Å². The lowest BCUT2D eigenvalue weighted by Gasteiger charge is -2.14. The van der Waals surface area contributed by atoms with Crippen molar-refractivity contribution in [2.24, 2.45) is 0 Å². The summed E-state index contributed by atoms with van der Waals surface area (Å²) in [5.74, 6) is 2.04. The Balaban J connectivity index is 1.77. The zero-order chi connectivity index (χ0) is 17.1. The maximum Gasteiger partial charge on any atom is 0.230 e. The summed E-state index contributed by atoms with van der Waals surface area (Å²) >= 11 is 1.43. The average Bonchev–Trinajstić information content (AvgIpc) is 3.28. The number of methoxy groups -OCH3 is 1. The fourth-order valence-electron chi connectivity index (χ4n) is 2.40. The molecule has 7 heteroatoms. The second-order valence-electron chi connectivity index (χ2n) is 6.13. The maximum absolute atomic E-state index is 11.9. The van der Waals surface area contributed by atoms with Crippen molar-refractivity contribution in [1.82, 2.24) is 20.1 Å². The third kappa shape index (κ3) is 3.90. The van der Waals surface area contributed by atoms with E-state index in [0.717, 1.165) is 35.1 Å². The van der Waals surface area contributed by atoms with Crippen LogP contribution in [0.1, 0.15) is 32.7 Å². The molecule has 0 bridgehead atoms. The van der Waals surface area contributed by atoms with Gasteiger partial charge in [0.1, 0.15) is 5.75 Å². The molecule has 1 aliphatic rings. The first kappa shape index (κ1) is 16.8. The van der Waals surface area contributed by atoms with Gasteiger partial charge < -0.3 is 10.1 Å². The molecule has 1 amide bonds. The van der Waals surface area contributed by atoms with Gasteiger partial charge >= 0.3 is 0 Å². The highest BCUT2D eigenvalue weighted by Crippen LogP contribution is 2.29. The lowest BCUT2D eigenvalue weighted by atomic mass is 10.2. The largest absolute Gasteiger partial charge is 0.497 e. The molecule has 0 aliphatic heterocycles. The van der Waals surface area contributed by atoms with E-state index in [1.54, 1.807) is 7.11 Å². The Bertz CT molecular complexity index is 708. The van der Waals surface area contributed by atoms with E-state index < -0.39 is 0 Å². The van der Waals surface area contributed by atoms with Crippen LogP contribution < -0.4 is 10.1 Å². The number of hydrogen-bond acceptors (Lipinski definition) is 5. The van der Waals surface area contributed by atoms with Crippen molar-refractivity contribution in [3.8, 4) is 17.1 Å². The van der Waals surface area contributed by atoms with Gasteiger partial charge in [0.15, 0.2) is 11.0 Å². The van der Waals surface area contributed by atoms with Crippen LogP contribution in [0.15, 0.2) is 29.4 Å². The number of carbonyl (C=O) groups excluding carboxylic acids is 1. The highest BCUT2D eigenvalue weighted by Gasteiger charge is 2.24. The van der Waals surface area contributed by atoms with E-state index in [2.05, 4.69) is 33.9 Å². The number of amides is 1. The van der Waals surface area contributed by atoms with E-state index in [-0.39, 0.29) is 11.9 Å². The Morgan fingerprint density at radius 3 is 2.62 bits per heavy atom. The molecule has 0 unspecified atom stereocenters. The van der Waals surface area contributed by atoms with Crippen LogP contribution in [0.3, 0.4) is 0 Å². The number of hydrogen-bond donors (Lipinski definition) is 1. The van der Waals surface area contributed by atoms with Crippen LogP contribution in [0.25, 0.3) is 11.4 Å². The zero-order valence-corrected chi connectivity index (χ0v) is 15.0. The summed E-state index contributed by atoms with van der Waals surface area (Å²) in [6.07, 6.45) is 2.19. The summed E-state index contributed by atoms with van der Waals surface area (Å²) in [7, 11) is 1.65. The molecule has 1 fully saturated rings. The van der Waals surface area contributed by atoms with Crippen molar-refractivity contribution in [3.63, 3.8) is 0 Å². The Kier molecular flexibility index (Phi) is 5.08. The van der Waals surface area contributed by atoms with Crippen molar-refractivity contribution >= 4 is 17.7 Å². The summed E-state index contributed by atoms with van der Waals surface area (Å²) in [6, 6.07) is 8.34. The molecule has 1 aliphatic carbocycles. The molecule has 1 saturated carbocycles. The Morgan fingerprint density at radius 2 is 2.04 bits per heavy atom. The van der Waals surface area contributed by atoms with E-state index in [0.29, 0.717) is 11.8 Å². The molecule has 2 aromatic rings. The molecule has 128 valence electrons. The molecule has 6 nitrogen and oxygen atoms in total. The molecule has 24 heavy (non-hydrogen) atoms. The minimum absolute atomic E-state index is 0.0619. The fraction of sp³-hybridized carbons (Fsp3) is 0.471. The predicted octanol–water partition coefficient (Wildman–Crippen LogP) is 2.91. The van der Waals surface area contributed by atoms with Crippen molar-refractivity contribution in [2.45, 2.75) is 43.9 Å². The van der Waals surface area contributed by atoms with Gasteiger partial charge in [0.25, 0.3) is 0 Å². The van der Waals surface area contributed by atoms with Crippen molar-refractivity contribution in [1.29, 1.82) is 0 Å². The molecule has 0 atom stereocenters. The van der Waals surface area contributed by atoms with E-state index in [1.165, 1.54) is 11.8 Å². The first-order valence-electron chi connectivity index (χ1n) is 8.10. The standard InChI is InChI=1S/C17H22N4O2S/c1-11(2)21-16(12-4-8-14(23-3)9-5-12)19-20-17(21)24-10-15(22)18-13-6-7-13/h4-5,8-9,11,13H,6-7,10H2,1-3H3,(H,18,22). The summed E-state index contributed by atoms with van der Waals surface area (Å²) in [6.45, 7) is 4.18. The molecule has 0 radical (unpaired) electrons. The number of thioether (sulfide) groups is 1. The van der Waals surface area contributed by atoms with Crippen LogP contribution >= 0.6 is 11.8 Å². The highest BCUT2D eigenvalue weighted by molar-refractivity contribution is 7.99. The topological polar surface area (TPSA) is 69.0 Å². The first-order chi connectivity index (χ1) is 11.6. The lowest BCUT2D eigenvalue weighted by molar-refractivity contribution is -0.118. The van der Waals surface area contributed by atoms with Crippen LogP contribution in [0.2, 0.25) is 0 Å². The molecule has 1 N–H and O–H groups in total. The quantitative estimate of drug-likeness (QED) is 0.781. The Morgan fingerprint density at radius 1 is 1.33 bits per heavy atom. The Labute approximate surface area is 146 Å². The summed E-state index contributed by atoms with van der Waals surface area (Å²) in [5.41, 5.74) is 0.978. The van der Waals surface area contributed by atoms with Gasteiger partial charge in [0, 0.05) is 17.6 Å². The molecule has 1 aromatic carbocycles. The highest BCUT2D eigenvalue weighted by atomic mass is 32.2. The molecule has 0 spiro atoms. The fourth-order valence-corrected chi connectivity index (χ4v) is 3.28. The van der Waals surface area contributed by atoms with Gasteiger partial charge in [0.05, 0.1) is 12.9 Å². The molecule has 1 heterocycles. The van der Waals surface area contributed by atoms with Crippen LogP contribution in [0.5, 0.6) is 5.75 Å². The van der Waals surface area contributed by atoms with E-state index in [1.807, 2.05) is 24.3 Å².